The molecule has 12 heavy (non-hydrogen) atoms. The Morgan fingerprint density at radius 1 is 1.33 bits per heavy atom. The second kappa shape index (κ2) is 2.93. The lowest BCUT2D eigenvalue weighted by Crippen LogP contribution is -2.53. The topological polar surface area (TPSA) is 40.5 Å². The molecule has 1 atom stereocenters. The van der Waals surface area contributed by atoms with Gasteiger partial charge in [0.15, 0.2) is 0 Å². The van der Waals surface area contributed by atoms with Crippen molar-refractivity contribution in [1.29, 1.82) is 0 Å². The molecule has 0 saturated heterocycles. The third kappa shape index (κ3) is 1.52. The van der Waals surface area contributed by atoms with Crippen molar-refractivity contribution in [2.45, 2.75) is 26.6 Å². The molecular formula is C6H10F3NO2. The van der Waals surface area contributed by atoms with Gasteiger partial charge in [0.1, 0.15) is 0 Å². The Morgan fingerprint density at radius 3 is 1.67 bits per heavy atom. The fourth-order valence-corrected chi connectivity index (χ4v) is 0.647. The first kappa shape index (κ1) is 11.2. The highest BCUT2D eigenvalue weighted by atomic mass is 19.4. The largest absolute Gasteiger partial charge is 0.478 e. The Balaban J connectivity index is 5.02. The molecule has 3 nitrogen and oxygen atoms in total. The van der Waals surface area contributed by atoms with Crippen LogP contribution in [0.2, 0.25) is 0 Å². The van der Waals surface area contributed by atoms with Crippen LogP contribution in [0.5, 0.6) is 0 Å². The van der Waals surface area contributed by atoms with Gasteiger partial charge in [-0.2, -0.15) is 0 Å². The van der Waals surface area contributed by atoms with Crippen molar-refractivity contribution in [3.8, 4) is 0 Å². The molecule has 6 heteroatoms. The zero-order valence-electron chi connectivity index (χ0n) is 6.94. The summed E-state index contributed by atoms with van der Waals surface area (Å²) >= 11 is 0. The first-order valence-electron chi connectivity index (χ1n) is 3.18. The molecule has 0 radical (unpaired) electrons. The normalized spacial score (nSPS) is 17.6. The number of halogens is 3. The van der Waals surface area contributed by atoms with Gasteiger partial charge < -0.3 is 5.11 Å². The average molecular weight is 185 g/mol. The fourth-order valence-electron chi connectivity index (χ4n) is 0.647. The van der Waals surface area contributed by atoms with E-state index >= 15 is 0 Å². The van der Waals surface area contributed by atoms with Gasteiger partial charge in [-0.3, -0.25) is 0 Å². The quantitative estimate of drug-likeness (QED) is 0.527. The SMILES string of the molecule is CC(C)(C)[C@@](F)(C(=O)O)N(F)F. The van der Waals surface area contributed by atoms with Crippen LogP contribution in [-0.4, -0.2) is 22.2 Å². The summed E-state index contributed by atoms with van der Waals surface area (Å²) in [5.41, 5.74) is -1.69. The molecule has 72 valence electrons. The molecule has 0 aromatic rings. The Morgan fingerprint density at radius 2 is 1.67 bits per heavy atom. The maximum Gasteiger partial charge on any atom is 0.363 e. The molecule has 0 bridgehead atoms. The first-order valence-corrected chi connectivity index (χ1v) is 3.18. The van der Waals surface area contributed by atoms with Crippen LogP contribution < -0.4 is 0 Å². The van der Waals surface area contributed by atoms with Crippen LogP contribution in [0.15, 0.2) is 0 Å². The molecule has 0 aliphatic heterocycles. The lowest BCUT2D eigenvalue weighted by atomic mass is 9.85. The second-order valence-corrected chi connectivity index (χ2v) is 3.41. The number of nitrogens with zero attached hydrogens (tertiary/aromatic N) is 1. The van der Waals surface area contributed by atoms with Crippen molar-refractivity contribution in [3.63, 3.8) is 0 Å². The van der Waals surface area contributed by atoms with Crippen molar-refractivity contribution in [2.75, 3.05) is 0 Å². The molecular weight excluding hydrogens is 175 g/mol. The number of carbonyl (C=O) groups is 1. The van der Waals surface area contributed by atoms with Gasteiger partial charge in [0.25, 0.3) is 0 Å². The maximum atomic E-state index is 13.1. The van der Waals surface area contributed by atoms with Crippen molar-refractivity contribution in [2.24, 2.45) is 5.41 Å². The van der Waals surface area contributed by atoms with Crippen molar-refractivity contribution < 1.29 is 23.3 Å². The Labute approximate surface area is 67.6 Å². The van der Waals surface area contributed by atoms with Gasteiger partial charge in [0.2, 0.25) is 0 Å². The highest BCUT2D eigenvalue weighted by Crippen LogP contribution is 2.38. The summed E-state index contributed by atoms with van der Waals surface area (Å²) in [6, 6.07) is 0. The van der Waals surface area contributed by atoms with E-state index in [-0.39, 0.29) is 0 Å². The van der Waals surface area contributed by atoms with Crippen LogP contribution >= 0.6 is 0 Å². The van der Waals surface area contributed by atoms with Crippen molar-refractivity contribution in [3.05, 3.63) is 0 Å². The van der Waals surface area contributed by atoms with E-state index in [4.69, 9.17) is 5.11 Å². The van der Waals surface area contributed by atoms with E-state index in [2.05, 4.69) is 0 Å². The number of aliphatic carboxylic acids is 1. The monoisotopic (exact) mass is 185 g/mol. The Hall–Kier alpha value is -0.780. The summed E-state index contributed by atoms with van der Waals surface area (Å²) in [6.07, 6.45) is 0. The summed E-state index contributed by atoms with van der Waals surface area (Å²) in [6.45, 7) is 3.23. The van der Waals surface area contributed by atoms with Gasteiger partial charge in [0.05, 0.1) is 5.34 Å². The number of carboxylic acids is 1. The average Bonchev–Trinajstić information content (AvgIpc) is 1.82. The van der Waals surface area contributed by atoms with Crippen molar-refractivity contribution >= 4 is 5.97 Å². The molecule has 0 aliphatic rings. The van der Waals surface area contributed by atoms with E-state index in [0.29, 0.717) is 0 Å². The molecule has 0 aromatic heterocycles. The summed E-state index contributed by atoms with van der Waals surface area (Å²) < 4.78 is 36.9. The van der Waals surface area contributed by atoms with Crippen LogP contribution in [0.25, 0.3) is 0 Å². The number of hydrogen-bond donors (Lipinski definition) is 1. The third-order valence-corrected chi connectivity index (χ3v) is 1.51. The highest BCUT2D eigenvalue weighted by Gasteiger charge is 2.57. The van der Waals surface area contributed by atoms with Crippen LogP contribution in [0.4, 0.5) is 13.4 Å². The van der Waals surface area contributed by atoms with E-state index in [1.54, 1.807) is 0 Å². The molecule has 0 spiro atoms. The molecule has 0 amide bonds. The number of rotatable bonds is 2. The fraction of sp³-hybridized carbons (Fsp3) is 0.833. The molecule has 0 heterocycles. The lowest BCUT2D eigenvalue weighted by molar-refractivity contribution is -0.304. The summed E-state index contributed by atoms with van der Waals surface area (Å²) in [4.78, 5) is 10.2. The second-order valence-electron chi connectivity index (χ2n) is 3.41. The maximum absolute atomic E-state index is 13.1. The van der Waals surface area contributed by atoms with Gasteiger partial charge >= 0.3 is 11.8 Å². The summed E-state index contributed by atoms with van der Waals surface area (Å²) in [5, 5.41) is 6.32. The molecule has 0 saturated carbocycles. The zero-order valence-corrected chi connectivity index (χ0v) is 6.94. The zero-order chi connectivity index (χ0) is 10.2. The van der Waals surface area contributed by atoms with Gasteiger partial charge in [-0.15, -0.1) is 0 Å². The summed E-state index contributed by atoms with van der Waals surface area (Å²) in [7, 11) is 0. The van der Waals surface area contributed by atoms with Crippen LogP contribution in [0.1, 0.15) is 20.8 Å². The minimum atomic E-state index is -3.65. The molecule has 0 aromatic carbocycles. The van der Waals surface area contributed by atoms with E-state index < -0.39 is 22.5 Å². The van der Waals surface area contributed by atoms with E-state index in [1.165, 1.54) is 0 Å². The van der Waals surface area contributed by atoms with Gasteiger partial charge in [-0.05, 0) is 0 Å². The molecule has 1 N–H and O–H groups in total. The minimum absolute atomic E-state index is 1.08. The smallest absolute Gasteiger partial charge is 0.363 e. The lowest BCUT2D eigenvalue weighted by Gasteiger charge is -2.32. The van der Waals surface area contributed by atoms with E-state index in [1.807, 2.05) is 0 Å². The third-order valence-electron chi connectivity index (χ3n) is 1.51. The molecule has 0 unspecified atom stereocenters. The van der Waals surface area contributed by atoms with E-state index in [0.717, 1.165) is 20.8 Å². The van der Waals surface area contributed by atoms with Crippen molar-refractivity contribution in [1.82, 2.24) is 5.34 Å². The highest BCUT2D eigenvalue weighted by molar-refractivity contribution is 5.77. The first-order chi connectivity index (χ1) is 5.14. The van der Waals surface area contributed by atoms with Gasteiger partial charge in [0, 0.05) is 5.41 Å². The Kier molecular flexibility index (Phi) is 2.74. The van der Waals surface area contributed by atoms with Crippen LogP contribution in [0, 0.1) is 5.41 Å². The predicted molar refractivity (Wildman–Crippen MR) is 35.0 cm³/mol. The van der Waals surface area contributed by atoms with Gasteiger partial charge in [-0.25, -0.2) is 9.18 Å². The predicted octanol–water partition coefficient (Wildman–Crippen LogP) is 1.85. The van der Waals surface area contributed by atoms with E-state index in [9.17, 15) is 18.1 Å². The molecule has 0 fully saturated rings. The summed E-state index contributed by atoms with van der Waals surface area (Å²) in [5.74, 6) is -5.84. The van der Waals surface area contributed by atoms with Crippen LogP contribution in [0.3, 0.4) is 0 Å². The standard InChI is InChI=1S/C6H10F3NO2/c1-5(2,3)6(7,4(11)12)10(8)9/h1-3H3,(H,11,12)/t6-/m1/s1. The number of carboxylic acid groups (broad SMARTS) is 1. The van der Waals surface area contributed by atoms with Gasteiger partial charge in [-0.1, -0.05) is 29.7 Å². The molecule has 0 aliphatic carbocycles. The minimum Gasteiger partial charge on any atom is -0.478 e. The molecule has 0 rings (SSSR count). The number of alkyl halides is 1. The Bertz CT molecular complexity index is 190. The van der Waals surface area contributed by atoms with Crippen LogP contribution in [-0.2, 0) is 4.79 Å². The number of hydrogen-bond acceptors (Lipinski definition) is 2.